The molecule has 3 atom stereocenters. The first-order valence-corrected chi connectivity index (χ1v) is 9.06. The highest BCUT2D eigenvalue weighted by atomic mass is 79.9. The third kappa shape index (κ3) is 5.07. The summed E-state index contributed by atoms with van der Waals surface area (Å²) in [5.74, 6) is 1.41. The van der Waals surface area contributed by atoms with Crippen LogP contribution in [0.4, 0.5) is 4.39 Å². The highest BCUT2D eigenvalue weighted by Crippen LogP contribution is 2.32. The van der Waals surface area contributed by atoms with Gasteiger partial charge in [-0.25, -0.2) is 4.39 Å². The van der Waals surface area contributed by atoms with Crippen LogP contribution in [0.15, 0.2) is 22.7 Å². The Balaban J connectivity index is 2.07. The van der Waals surface area contributed by atoms with Crippen molar-refractivity contribution in [3.05, 3.63) is 34.1 Å². The van der Waals surface area contributed by atoms with Crippen molar-refractivity contribution >= 4 is 15.9 Å². The van der Waals surface area contributed by atoms with Gasteiger partial charge in [-0.1, -0.05) is 48.7 Å². The third-order valence-electron chi connectivity index (χ3n) is 4.66. The van der Waals surface area contributed by atoms with Crippen molar-refractivity contribution in [2.75, 3.05) is 6.54 Å². The molecule has 0 radical (unpaired) electrons. The minimum atomic E-state index is -0.0865. The zero-order chi connectivity index (χ0) is 15.2. The maximum atomic E-state index is 14.1. The lowest BCUT2D eigenvalue weighted by Crippen LogP contribution is -2.40. The number of rotatable bonds is 6. The van der Waals surface area contributed by atoms with Crippen molar-refractivity contribution < 1.29 is 4.39 Å². The molecule has 0 aromatic heterocycles. The first kappa shape index (κ1) is 17.0. The van der Waals surface area contributed by atoms with E-state index in [0.717, 1.165) is 35.3 Å². The maximum Gasteiger partial charge on any atom is 0.127 e. The number of benzene rings is 1. The number of nitrogens with one attached hydrogen (secondary N) is 1. The summed E-state index contributed by atoms with van der Waals surface area (Å²) in [6.07, 6.45) is 7.16. The van der Waals surface area contributed by atoms with E-state index in [0.29, 0.717) is 12.0 Å². The summed E-state index contributed by atoms with van der Waals surface area (Å²) in [7, 11) is 0. The van der Waals surface area contributed by atoms with E-state index in [2.05, 4.69) is 35.1 Å². The fourth-order valence-electron chi connectivity index (χ4n) is 3.51. The standard InChI is InChI=1S/C18H27BrFN/c1-3-9-21-18(15-6-4-5-13(2)10-15)11-14-7-8-16(19)12-17(14)20/h7-8,12-13,15,18,21H,3-6,9-11H2,1-2H3. The number of hydrogen-bond acceptors (Lipinski definition) is 1. The van der Waals surface area contributed by atoms with Gasteiger partial charge in [0.25, 0.3) is 0 Å². The van der Waals surface area contributed by atoms with E-state index in [-0.39, 0.29) is 5.82 Å². The minimum Gasteiger partial charge on any atom is -0.313 e. The Kier molecular flexibility index (Phi) is 6.69. The molecule has 1 N–H and O–H groups in total. The average molecular weight is 356 g/mol. The van der Waals surface area contributed by atoms with Crippen LogP contribution in [0.5, 0.6) is 0 Å². The molecule has 1 aliphatic carbocycles. The molecule has 0 spiro atoms. The topological polar surface area (TPSA) is 12.0 Å². The second kappa shape index (κ2) is 8.28. The second-order valence-electron chi connectivity index (χ2n) is 6.53. The molecule has 1 saturated carbocycles. The molecule has 0 heterocycles. The van der Waals surface area contributed by atoms with Gasteiger partial charge < -0.3 is 5.32 Å². The third-order valence-corrected chi connectivity index (χ3v) is 5.15. The van der Waals surface area contributed by atoms with E-state index >= 15 is 0 Å². The van der Waals surface area contributed by atoms with E-state index in [1.807, 2.05) is 12.1 Å². The van der Waals surface area contributed by atoms with E-state index in [4.69, 9.17) is 0 Å². The van der Waals surface area contributed by atoms with Crippen LogP contribution in [-0.2, 0) is 6.42 Å². The molecule has 1 nitrogen and oxygen atoms in total. The minimum absolute atomic E-state index is 0.0865. The van der Waals surface area contributed by atoms with Gasteiger partial charge in [-0.05, 0) is 61.8 Å². The molecule has 2 rings (SSSR count). The average Bonchev–Trinajstić information content (AvgIpc) is 2.45. The Morgan fingerprint density at radius 1 is 1.38 bits per heavy atom. The fourth-order valence-corrected chi connectivity index (χ4v) is 3.84. The Morgan fingerprint density at radius 2 is 2.19 bits per heavy atom. The van der Waals surface area contributed by atoms with Crippen LogP contribution in [0, 0.1) is 17.7 Å². The molecule has 1 aliphatic rings. The molecule has 0 bridgehead atoms. The van der Waals surface area contributed by atoms with Crippen molar-refractivity contribution in [1.82, 2.24) is 5.32 Å². The van der Waals surface area contributed by atoms with Crippen molar-refractivity contribution in [2.24, 2.45) is 11.8 Å². The van der Waals surface area contributed by atoms with Gasteiger partial charge in [0.15, 0.2) is 0 Å². The first-order valence-electron chi connectivity index (χ1n) is 8.27. The second-order valence-corrected chi connectivity index (χ2v) is 7.45. The molecule has 3 heteroatoms. The lowest BCUT2D eigenvalue weighted by molar-refractivity contribution is 0.220. The predicted molar refractivity (Wildman–Crippen MR) is 91.0 cm³/mol. The summed E-state index contributed by atoms with van der Waals surface area (Å²) in [5, 5.41) is 3.67. The summed E-state index contributed by atoms with van der Waals surface area (Å²) in [5.41, 5.74) is 0.838. The lowest BCUT2D eigenvalue weighted by Gasteiger charge is -2.34. The number of halogens is 2. The number of hydrogen-bond donors (Lipinski definition) is 1. The van der Waals surface area contributed by atoms with Crippen molar-refractivity contribution in [3.63, 3.8) is 0 Å². The van der Waals surface area contributed by atoms with Crippen LogP contribution in [0.2, 0.25) is 0 Å². The molecular weight excluding hydrogens is 329 g/mol. The summed E-state index contributed by atoms with van der Waals surface area (Å²) in [6, 6.07) is 5.85. The Labute approximate surface area is 136 Å². The van der Waals surface area contributed by atoms with Gasteiger partial charge in [0, 0.05) is 10.5 Å². The molecule has 1 aromatic carbocycles. The zero-order valence-electron chi connectivity index (χ0n) is 13.2. The molecule has 3 unspecified atom stereocenters. The summed E-state index contributed by atoms with van der Waals surface area (Å²) in [4.78, 5) is 0. The fraction of sp³-hybridized carbons (Fsp3) is 0.667. The maximum absolute atomic E-state index is 14.1. The molecule has 1 fully saturated rings. The van der Waals surface area contributed by atoms with Gasteiger partial charge in [0.2, 0.25) is 0 Å². The first-order chi connectivity index (χ1) is 10.1. The van der Waals surface area contributed by atoms with E-state index in [1.165, 1.54) is 25.7 Å². The highest BCUT2D eigenvalue weighted by molar-refractivity contribution is 9.10. The molecule has 0 aliphatic heterocycles. The van der Waals surface area contributed by atoms with E-state index in [1.54, 1.807) is 6.07 Å². The van der Waals surface area contributed by atoms with Crippen molar-refractivity contribution in [3.8, 4) is 0 Å². The van der Waals surface area contributed by atoms with Crippen LogP contribution in [-0.4, -0.2) is 12.6 Å². The SMILES string of the molecule is CCCNC(Cc1ccc(Br)cc1F)C1CCCC(C)C1. The normalized spacial score (nSPS) is 24.0. The Bertz CT molecular complexity index is 449. The molecule has 118 valence electrons. The van der Waals surface area contributed by atoms with Crippen LogP contribution in [0.25, 0.3) is 0 Å². The van der Waals surface area contributed by atoms with Crippen LogP contribution in [0.3, 0.4) is 0 Å². The monoisotopic (exact) mass is 355 g/mol. The summed E-state index contributed by atoms with van der Waals surface area (Å²) >= 11 is 3.33. The van der Waals surface area contributed by atoms with E-state index in [9.17, 15) is 4.39 Å². The molecule has 0 saturated heterocycles. The molecular formula is C18H27BrFN. The van der Waals surface area contributed by atoms with Gasteiger partial charge in [-0.2, -0.15) is 0 Å². The van der Waals surface area contributed by atoms with E-state index < -0.39 is 0 Å². The lowest BCUT2D eigenvalue weighted by atomic mass is 9.77. The largest absolute Gasteiger partial charge is 0.313 e. The van der Waals surface area contributed by atoms with Gasteiger partial charge in [0.05, 0.1) is 0 Å². The predicted octanol–water partition coefficient (Wildman–Crippen LogP) is 5.33. The molecule has 1 aromatic rings. The smallest absolute Gasteiger partial charge is 0.127 e. The van der Waals surface area contributed by atoms with Gasteiger partial charge in [-0.3, -0.25) is 0 Å². The van der Waals surface area contributed by atoms with Crippen LogP contribution < -0.4 is 5.32 Å². The quantitative estimate of drug-likeness (QED) is 0.727. The molecule has 21 heavy (non-hydrogen) atoms. The molecule has 0 amide bonds. The highest BCUT2D eigenvalue weighted by Gasteiger charge is 2.27. The van der Waals surface area contributed by atoms with Crippen molar-refractivity contribution in [2.45, 2.75) is 58.4 Å². The summed E-state index contributed by atoms with van der Waals surface area (Å²) < 4.78 is 14.9. The van der Waals surface area contributed by atoms with Crippen LogP contribution in [0.1, 0.15) is 51.5 Å². The van der Waals surface area contributed by atoms with Gasteiger partial charge in [0.1, 0.15) is 5.82 Å². The Morgan fingerprint density at radius 3 is 2.86 bits per heavy atom. The Hall–Kier alpha value is -0.410. The van der Waals surface area contributed by atoms with Gasteiger partial charge in [-0.15, -0.1) is 0 Å². The van der Waals surface area contributed by atoms with Crippen molar-refractivity contribution in [1.29, 1.82) is 0 Å². The van der Waals surface area contributed by atoms with Gasteiger partial charge >= 0.3 is 0 Å². The summed E-state index contributed by atoms with van der Waals surface area (Å²) in [6.45, 7) is 5.56. The zero-order valence-corrected chi connectivity index (χ0v) is 14.8. The van der Waals surface area contributed by atoms with Crippen LogP contribution >= 0.6 is 15.9 Å².